The molecule has 0 radical (unpaired) electrons. The van der Waals surface area contributed by atoms with Crippen molar-refractivity contribution in [1.29, 1.82) is 5.41 Å². The van der Waals surface area contributed by atoms with Gasteiger partial charge >= 0.3 is 6.18 Å². The molecule has 0 bridgehead atoms. The summed E-state index contributed by atoms with van der Waals surface area (Å²) in [4.78, 5) is 6.79. The minimum atomic E-state index is -4.63. The normalized spacial score (nSPS) is 27.4. The first-order chi connectivity index (χ1) is 19.5. The van der Waals surface area contributed by atoms with Crippen LogP contribution in [0.25, 0.3) is 16.6 Å². The molecule has 3 unspecified atom stereocenters. The Kier molecular flexibility index (Phi) is 7.24. The lowest BCUT2D eigenvalue weighted by Gasteiger charge is -2.46. The molecule has 3 N–H and O–H groups in total. The third kappa shape index (κ3) is 5.09. The van der Waals surface area contributed by atoms with E-state index in [-0.39, 0.29) is 23.5 Å². The van der Waals surface area contributed by atoms with Gasteiger partial charge in [-0.1, -0.05) is 18.2 Å². The van der Waals surface area contributed by atoms with Gasteiger partial charge in [0.25, 0.3) is 0 Å². The van der Waals surface area contributed by atoms with Gasteiger partial charge in [0.2, 0.25) is 0 Å². The van der Waals surface area contributed by atoms with Crippen molar-refractivity contribution in [1.82, 2.24) is 30.3 Å². The van der Waals surface area contributed by atoms with Crippen LogP contribution in [0.5, 0.6) is 0 Å². The predicted octanol–water partition coefficient (Wildman–Crippen LogP) is 5.89. The molecule has 0 aromatic carbocycles. The van der Waals surface area contributed by atoms with Crippen molar-refractivity contribution in [2.75, 3.05) is 25.4 Å². The molecule has 6 rings (SSSR count). The number of aromatic nitrogens is 3. The van der Waals surface area contributed by atoms with Crippen LogP contribution in [0.1, 0.15) is 24.8 Å². The summed E-state index contributed by atoms with van der Waals surface area (Å²) in [6.45, 7) is 9.17. The number of allylic oxidation sites excluding steroid dienone is 2. The summed E-state index contributed by atoms with van der Waals surface area (Å²) >= 11 is 8.89. The average Bonchev–Trinajstić information content (AvgIpc) is 3.49. The Balaban J connectivity index is 1.48. The lowest BCUT2D eigenvalue weighted by molar-refractivity contribution is -0.0880. The number of fused-ring (bicyclic) bond motifs is 2. The molecule has 0 spiro atoms. The zero-order valence-corrected chi connectivity index (χ0v) is 24.8. The van der Waals surface area contributed by atoms with Crippen molar-refractivity contribution in [2.24, 2.45) is 0 Å². The second-order valence-corrected chi connectivity index (χ2v) is 13.3. The van der Waals surface area contributed by atoms with Gasteiger partial charge in [0.1, 0.15) is 5.84 Å². The Bertz CT molecular complexity index is 1590. The largest absolute Gasteiger partial charge is 0.416 e. The minimum absolute atomic E-state index is 0.00675. The van der Waals surface area contributed by atoms with E-state index in [1.54, 1.807) is 28.7 Å². The van der Waals surface area contributed by atoms with Crippen LogP contribution in [0.15, 0.2) is 65.5 Å². The molecular formula is C28H29ClF3N7S2. The van der Waals surface area contributed by atoms with E-state index in [0.29, 0.717) is 40.9 Å². The first-order valence-electron chi connectivity index (χ1n) is 13.2. The van der Waals surface area contributed by atoms with E-state index in [4.69, 9.17) is 11.6 Å². The maximum Gasteiger partial charge on any atom is 0.416 e. The Morgan fingerprint density at radius 2 is 2.15 bits per heavy atom. The number of pyridine rings is 1. The van der Waals surface area contributed by atoms with E-state index in [1.165, 1.54) is 29.2 Å². The van der Waals surface area contributed by atoms with Crippen molar-refractivity contribution < 1.29 is 13.2 Å². The average molecular weight is 620 g/mol. The highest BCUT2D eigenvalue weighted by molar-refractivity contribution is 8.00. The quantitative estimate of drug-likeness (QED) is 0.251. The van der Waals surface area contributed by atoms with Gasteiger partial charge in [-0.05, 0) is 43.7 Å². The maximum atomic E-state index is 14.9. The third-order valence-electron chi connectivity index (χ3n) is 7.82. The molecule has 2 saturated heterocycles. The smallest absolute Gasteiger partial charge is 0.383 e. The van der Waals surface area contributed by atoms with Gasteiger partial charge in [-0.15, -0.1) is 23.1 Å². The van der Waals surface area contributed by atoms with Gasteiger partial charge in [0.15, 0.2) is 5.65 Å². The van der Waals surface area contributed by atoms with E-state index >= 15 is 0 Å². The Hall–Kier alpha value is -2.80. The summed E-state index contributed by atoms with van der Waals surface area (Å²) in [6.07, 6.45) is 0.0105. The molecule has 5 heterocycles. The van der Waals surface area contributed by atoms with E-state index < -0.39 is 22.5 Å². The second kappa shape index (κ2) is 10.5. The van der Waals surface area contributed by atoms with Gasteiger partial charge < -0.3 is 15.5 Å². The molecule has 216 valence electrons. The molecule has 13 heteroatoms. The lowest BCUT2D eigenvalue weighted by atomic mass is 9.75. The van der Waals surface area contributed by atoms with Crippen molar-refractivity contribution in [3.63, 3.8) is 0 Å². The molecule has 7 nitrogen and oxygen atoms in total. The number of alkyl halides is 3. The number of rotatable bonds is 3. The van der Waals surface area contributed by atoms with E-state index in [1.807, 2.05) is 30.7 Å². The summed E-state index contributed by atoms with van der Waals surface area (Å²) in [5.74, 6) is 0.561. The SMILES string of the molecule is C=C1CN(C(=N)C2=CC(C(F)(F)F)=C(c3cc(Cl)cs3)C3SCC(n4ncc5cccnc54)CNC23C)C[C@@H](C)N1. The summed E-state index contributed by atoms with van der Waals surface area (Å²) < 4.78 is 46.4. The van der Waals surface area contributed by atoms with Crippen LogP contribution in [-0.4, -0.2) is 73.9 Å². The highest BCUT2D eigenvalue weighted by Crippen LogP contribution is 2.52. The third-order valence-corrected chi connectivity index (χ3v) is 10.8. The number of hydrogen-bond donors (Lipinski definition) is 3. The molecular weight excluding hydrogens is 591 g/mol. The van der Waals surface area contributed by atoms with E-state index in [0.717, 1.165) is 16.7 Å². The van der Waals surface area contributed by atoms with Crippen molar-refractivity contribution >= 4 is 57.1 Å². The molecule has 3 aromatic heterocycles. The van der Waals surface area contributed by atoms with E-state index in [9.17, 15) is 18.6 Å². The fourth-order valence-corrected chi connectivity index (χ4v) is 8.83. The first-order valence-corrected chi connectivity index (χ1v) is 15.5. The summed E-state index contributed by atoms with van der Waals surface area (Å²) in [5.41, 5.74) is 0.215. The van der Waals surface area contributed by atoms with Gasteiger partial charge in [0, 0.05) is 58.0 Å². The van der Waals surface area contributed by atoms with Gasteiger partial charge in [-0.25, -0.2) is 9.67 Å². The number of nitrogens with one attached hydrogen (secondary N) is 3. The zero-order chi connectivity index (χ0) is 29.1. The molecule has 3 aliphatic rings. The number of thioether (sulfide) groups is 1. The highest BCUT2D eigenvalue weighted by Gasteiger charge is 2.52. The van der Waals surface area contributed by atoms with Gasteiger partial charge in [-0.2, -0.15) is 18.3 Å². The van der Waals surface area contributed by atoms with Gasteiger partial charge in [0.05, 0.1) is 40.2 Å². The molecule has 2 aliphatic heterocycles. The predicted molar refractivity (Wildman–Crippen MR) is 161 cm³/mol. The molecule has 3 aromatic rings. The Labute approximate surface area is 249 Å². The van der Waals surface area contributed by atoms with Crippen LogP contribution in [0.4, 0.5) is 13.2 Å². The molecule has 1 aliphatic carbocycles. The molecule has 0 amide bonds. The molecule has 2 fully saturated rings. The van der Waals surface area contributed by atoms with Crippen LogP contribution in [0, 0.1) is 5.41 Å². The van der Waals surface area contributed by atoms with E-state index in [2.05, 4.69) is 27.3 Å². The lowest BCUT2D eigenvalue weighted by Crippen LogP contribution is -2.59. The minimum Gasteiger partial charge on any atom is -0.383 e. The molecule has 0 saturated carbocycles. The fraction of sp³-hybridized carbons (Fsp3) is 0.393. The van der Waals surface area contributed by atoms with Crippen LogP contribution in [0.2, 0.25) is 5.02 Å². The second-order valence-electron chi connectivity index (χ2n) is 10.8. The zero-order valence-electron chi connectivity index (χ0n) is 22.4. The van der Waals surface area contributed by atoms with Crippen LogP contribution in [0.3, 0.4) is 0 Å². The molecule has 4 atom stereocenters. The van der Waals surface area contributed by atoms with Crippen LogP contribution < -0.4 is 10.6 Å². The van der Waals surface area contributed by atoms with Crippen molar-refractivity contribution in [3.8, 4) is 0 Å². The Morgan fingerprint density at radius 1 is 1.34 bits per heavy atom. The first kappa shape index (κ1) is 28.3. The van der Waals surface area contributed by atoms with Crippen molar-refractivity contribution in [3.05, 3.63) is 75.4 Å². The van der Waals surface area contributed by atoms with Crippen molar-refractivity contribution in [2.45, 2.75) is 42.9 Å². The number of nitrogens with zero attached hydrogens (tertiary/aromatic N) is 4. The fourth-order valence-electron chi connectivity index (χ4n) is 5.95. The topological polar surface area (TPSA) is 81.9 Å². The number of piperazine rings is 1. The monoisotopic (exact) mass is 619 g/mol. The standard InChI is InChI=1S/C28H29ClF3N7S2/c1-15-11-38(12-16(2)37-15)25(33)21-8-20(28(30,31)32)23(22-7-18(29)13-40-22)24-27(21,3)35-10-19(14-41-24)39-26-17(9-36-39)5-4-6-34-26/h4-9,13,16,19,24,33,35,37H,1,10-12,14H2,2-3H3/t16-,19?,24?,27?/m1/s1. The summed E-state index contributed by atoms with van der Waals surface area (Å²) in [5, 5.41) is 23.0. The number of halogens is 4. The highest BCUT2D eigenvalue weighted by atomic mass is 35.5. The summed E-state index contributed by atoms with van der Waals surface area (Å²) in [6, 6.07) is 5.22. The summed E-state index contributed by atoms with van der Waals surface area (Å²) in [7, 11) is 0. The van der Waals surface area contributed by atoms with Crippen LogP contribution in [-0.2, 0) is 0 Å². The Morgan fingerprint density at radius 3 is 2.85 bits per heavy atom. The number of thiophene rings is 1. The van der Waals surface area contributed by atoms with Gasteiger partial charge in [-0.3, -0.25) is 5.41 Å². The maximum absolute atomic E-state index is 14.9. The number of amidine groups is 1. The molecule has 41 heavy (non-hydrogen) atoms. The van der Waals surface area contributed by atoms with Crippen LogP contribution >= 0.6 is 34.7 Å². The number of hydrogen-bond acceptors (Lipinski definition) is 7.